The first-order chi connectivity index (χ1) is 14.5. The van der Waals surface area contributed by atoms with Crippen molar-refractivity contribution in [3.05, 3.63) is 88.9 Å². The molecule has 0 saturated heterocycles. The lowest BCUT2D eigenvalue weighted by Gasteiger charge is -2.36. The summed E-state index contributed by atoms with van der Waals surface area (Å²) in [5.41, 5.74) is 4.87. The van der Waals surface area contributed by atoms with E-state index in [9.17, 15) is 0 Å². The SMILES string of the molecule is C=CCN1C(=S)NC(c2ccc(Cl)cc2)C(c2nc(-c3cccc(C)c3)no2)=C1C. The highest BCUT2D eigenvalue weighted by Crippen LogP contribution is 2.37. The quantitative estimate of drug-likeness (QED) is 0.418. The number of benzene rings is 2. The van der Waals surface area contributed by atoms with E-state index >= 15 is 0 Å². The lowest BCUT2D eigenvalue weighted by Crippen LogP contribution is -2.45. The molecule has 152 valence electrons. The molecule has 0 aliphatic carbocycles. The highest BCUT2D eigenvalue weighted by Gasteiger charge is 2.33. The van der Waals surface area contributed by atoms with Crippen LogP contribution in [-0.2, 0) is 0 Å². The second-order valence-electron chi connectivity index (χ2n) is 7.13. The van der Waals surface area contributed by atoms with Crippen LogP contribution < -0.4 is 5.32 Å². The Morgan fingerprint density at radius 1 is 1.23 bits per heavy atom. The lowest BCUT2D eigenvalue weighted by atomic mass is 9.95. The van der Waals surface area contributed by atoms with E-state index in [-0.39, 0.29) is 6.04 Å². The van der Waals surface area contributed by atoms with Gasteiger partial charge >= 0.3 is 0 Å². The minimum absolute atomic E-state index is 0.235. The van der Waals surface area contributed by atoms with Crippen LogP contribution in [0.4, 0.5) is 0 Å². The predicted octanol–water partition coefficient (Wildman–Crippen LogP) is 5.55. The molecule has 30 heavy (non-hydrogen) atoms. The van der Waals surface area contributed by atoms with E-state index in [2.05, 4.69) is 17.1 Å². The zero-order valence-electron chi connectivity index (χ0n) is 16.7. The maximum absolute atomic E-state index is 6.09. The Kier molecular flexibility index (Phi) is 5.70. The highest BCUT2D eigenvalue weighted by atomic mass is 35.5. The Morgan fingerprint density at radius 2 is 2.00 bits per heavy atom. The molecule has 1 aliphatic heterocycles. The molecule has 4 rings (SSSR count). The maximum Gasteiger partial charge on any atom is 0.258 e. The van der Waals surface area contributed by atoms with Crippen LogP contribution in [0, 0.1) is 6.92 Å². The summed E-state index contributed by atoms with van der Waals surface area (Å²) >= 11 is 11.7. The summed E-state index contributed by atoms with van der Waals surface area (Å²) in [5.74, 6) is 1.00. The molecule has 1 aromatic heterocycles. The number of thiocarbonyl (C=S) groups is 1. The molecule has 0 bridgehead atoms. The normalized spacial score (nSPS) is 16.6. The van der Waals surface area contributed by atoms with E-state index in [4.69, 9.17) is 33.3 Å². The molecule has 2 heterocycles. The molecule has 7 heteroatoms. The molecule has 0 radical (unpaired) electrons. The van der Waals surface area contributed by atoms with E-state index in [1.165, 1.54) is 0 Å². The molecule has 1 atom stereocenters. The minimum atomic E-state index is -0.235. The maximum atomic E-state index is 6.09. The number of aryl methyl sites for hydroxylation is 1. The molecule has 1 unspecified atom stereocenters. The number of hydrogen-bond donors (Lipinski definition) is 1. The summed E-state index contributed by atoms with van der Waals surface area (Å²) in [6.07, 6.45) is 1.81. The number of allylic oxidation sites excluding steroid dienone is 1. The fraction of sp³-hybridized carbons (Fsp3) is 0.174. The second-order valence-corrected chi connectivity index (χ2v) is 7.95. The van der Waals surface area contributed by atoms with Crippen molar-refractivity contribution in [1.29, 1.82) is 0 Å². The van der Waals surface area contributed by atoms with Gasteiger partial charge in [0.05, 0.1) is 11.6 Å². The second kappa shape index (κ2) is 8.42. The molecule has 0 spiro atoms. The number of halogens is 1. The number of aromatic nitrogens is 2. The molecular formula is C23H21ClN4OS. The van der Waals surface area contributed by atoms with Gasteiger partial charge in [-0.1, -0.05) is 58.7 Å². The van der Waals surface area contributed by atoms with Gasteiger partial charge in [-0.15, -0.1) is 6.58 Å². The first-order valence-corrected chi connectivity index (χ1v) is 10.3. The monoisotopic (exact) mass is 436 g/mol. The summed E-state index contributed by atoms with van der Waals surface area (Å²) < 4.78 is 5.73. The molecule has 1 aliphatic rings. The van der Waals surface area contributed by atoms with E-state index in [0.29, 0.717) is 28.4 Å². The Bertz CT molecular complexity index is 1140. The van der Waals surface area contributed by atoms with Crippen LogP contribution in [0.5, 0.6) is 0 Å². The Balaban J connectivity index is 1.82. The number of hydrogen-bond acceptors (Lipinski definition) is 4. The minimum Gasteiger partial charge on any atom is -0.351 e. The van der Waals surface area contributed by atoms with Gasteiger partial charge in [0.2, 0.25) is 5.82 Å². The van der Waals surface area contributed by atoms with Crippen molar-refractivity contribution in [2.75, 3.05) is 6.54 Å². The van der Waals surface area contributed by atoms with Gasteiger partial charge in [0.15, 0.2) is 5.11 Å². The van der Waals surface area contributed by atoms with Crippen LogP contribution in [0.1, 0.15) is 30.0 Å². The molecule has 0 amide bonds. The summed E-state index contributed by atoms with van der Waals surface area (Å²) in [6, 6.07) is 15.4. The van der Waals surface area contributed by atoms with Crippen molar-refractivity contribution in [3.8, 4) is 11.4 Å². The molecule has 1 N–H and O–H groups in total. The fourth-order valence-corrected chi connectivity index (χ4v) is 4.00. The van der Waals surface area contributed by atoms with Gasteiger partial charge in [-0.25, -0.2) is 0 Å². The lowest BCUT2D eigenvalue weighted by molar-refractivity contribution is 0.399. The van der Waals surface area contributed by atoms with Gasteiger partial charge in [0, 0.05) is 22.8 Å². The van der Waals surface area contributed by atoms with Crippen molar-refractivity contribution in [2.45, 2.75) is 19.9 Å². The van der Waals surface area contributed by atoms with E-state index in [1.807, 2.05) is 73.4 Å². The zero-order valence-corrected chi connectivity index (χ0v) is 18.3. The molecule has 5 nitrogen and oxygen atoms in total. The number of rotatable bonds is 5. The topological polar surface area (TPSA) is 54.2 Å². The smallest absolute Gasteiger partial charge is 0.258 e. The molecular weight excluding hydrogens is 416 g/mol. The largest absolute Gasteiger partial charge is 0.351 e. The third-order valence-corrected chi connectivity index (χ3v) is 5.63. The van der Waals surface area contributed by atoms with Gasteiger partial charge in [-0.3, -0.25) is 0 Å². The van der Waals surface area contributed by atoms with Crippen molar-refractivity contribution < 1.29 is 4.52 Å². The summed E-state index contributed by atoms with van der Waals surface area (Å²) in [6.45, 7) is 8.46. The van der Waals surface area contributed by atoms with Crippen molar-refractivity contribution >= 4 is 34.5 Å². The van der Waals surface area contributed by atoms with Gasteiger partial charge in [-0.05, 0) is 49.8 Å². The number of nitrogens with one attached hydrogen (secondary N) is 1. The Morgan fingerprint density at radius 3 is 2.70 bits per heavy atom. The Hall–Kier alpha value is -2.96. The zero-order chi connectivity index (χ0) is 21.3. The first kappa shape index (κ1) is 20.3. The third kappa shape index (κ3) is 3.88. The van der Waals surface area contributed by atoms with E-state index in [0.717, 1.165) is 28.0 Å². The van der Waals surface area contributed by atoms with Crippen molar-refractivity contribution in [3.63, 3.8) is 0 Å². The van der Waals surface area contributed by atoms with Gasteiger partial charge in [0.1, 0.15) is 0 Å². The van der Waals surface area contributed by atoms with Crippen LogP contribution >= 0.6 is 23.8 Å². The predicted molar refractivity (Wildman–Crippen MR) is 124 cm³/mol. The summed E-state index contributed by atoms with van der Waals surface area (Å²) in [4.78, 5) is 6.68. The average Bonchev–Trinajstić information content (AvgIpc) is 3.21. The van der Waals surface area contributed by atoms with Gasteiger partial charge in [-0.2, -0.15) is 4.98 Å². The van der Waals surface area contributed by atoms with Crippen molar-refractivity contribution in [1.82, 2.24) is 20.4 Å². The molecule has 0 saturated carbocycles. The van der Waals surface area contributed by atoms with Crippen molar-refractivity contribution in [2.24, 2.45) is 0 Å². The summed E-state index contributed by atoms with van der Waals surface area (Å²) in [7, 11) is 0. The third-order valence-electron chi connectivity index (χ3n) is 5.04. The molecule has 2 aromatic carbocycles. The van der Waals surface area contributed by atoms with Crippen LogP contribution in [0.2, 0.25) is 5.02 Å². The van der Waals surface area contributed by atoms with Crippen LogP contribution in [0.3, 0.4) is 0 Å². The first-order valence-electron chi connectivity index (χ1n) is 9.54. The van der Waals surface area contributed by atoms with Gasteiger partial charge in [0.25, 0.3) is 5.89 Å². The van der Waals surface area contributed by atoms with E-state index in [1.54, 1.807) is 0 Å². The average molecular weight is 437 g/mol. The van der Waals surface area contributed by atoms with Crippen LogP contribution in [-0.4, -0.2) is 26.7 Å². The van der Waals surface area contributed by atoms with Gasteiger partial charge < -0.3 is 14.7 Å². The van der Waals surface area contributed by atoms with E-state index < -0.39 is 0 Å². The summed E-state index contributed by atoms with van der Waals surface area (Å²) in [5, 5.41) is 8.93. The Labute approximate surface area is 186 Å². The molecule has 3 aromatic rings. The van der Waals surface area contributed by atoms with Crippen LogP contribution in [0.25, 0.3) is 17.0 Å². The molecule has 0 fully saturated rings. The fourth-order valence-electron chi connectivity index (χ4n) is 3.55. The van der Waals surface area contributed by atoms with Crippen LogP contribution in [0.15, 0.2) is 71.4 Å². The standard InChI is InChI=1S/C23H21ClN4OS/c1-4-12-28-15(3)19(20(25-23(28)30)16-8-10-18(24)11-9-16)22-26-21(27-29-22)17-7-5-6-14(2)13-17/h4-11,13,20H,1,12H2,2-3H3,(H,25,30). The number of nitrogens with zero attached hydrogens (tertiary/aromatic N) is 3. The highest BCUT2D eigenvalue weighted by molar-refractivity contribution is 7.80.